The first-order valence-corrected chi connectivity index (χ1v) is 5.70. The lowest BCUT2D eigenvalue weighted by molar-refractivity contribution is 0.358. The summed E-state index contributed by atoms with van der Waals surface area (Å²) >= 11 is 0. The summed E-state index contributed by atoms with van der Waals surface area (Å²) in [7, 11) is 0. The zero-order valence-corrected chi connectivity index (χ0v) is 9.17. The van der Waals surface area contributed by atoms with Crippen LogP contribution in [0.25, 0.3) is 0 Å². The number of alkyl halides is 1. The zero-order valence-electron chi connectivity index (χ0n) is 9.17. The fraction of sp³-hybridized carbons (Fsp3) is 0.538. The van der Waals surface area contributed by atoms with Crippen molar-refractivity contribution in [2.75, 3.05) is 19.8 Å². The van der Waals surface area contributed by atoms with E-state index in [0.29, 0.717) is 5.92 Å². The van der Waals surface area contributed by atoms with E-state index in [9.17, 15) is 4.39 Å². The van der Waals surface area contributed by atoms with Gasteiger partial charge in [0.25, 0.3) is 0 Å². The molecule has 0 saturated carbocycles. The minimum Gasteiger partial charge on any atom is -0.316 e. The Bertz CT molecular complexity index is 307. The average Bonchev–Trinajstić information content (AvgIpc) is 2.77. The number of benzene rings is 1. The van der Waals surface area contributed by atoms with Crippen LogP contribution in [-0.4, -0.2) is 19.8 Å². The predicted molar refractivity (Wildman–Crippen MR) is 60.9 cm³/mol. The first-order chi connectivity index (χ1) is 7.35. The number of halogens is 1. The maximum atomic E-state index is 12.7. The standard InChI is InChI=1S/C13H18FN/c1-2-10-3-5-11(6-4-10)13-9-15-8-12(13)7-14/h3-6,12-13,15H,2,7-9H2,1H3. The number of hydrogen-bond donors (Lipinski definition) is 1. The molecule has 1 nitrogen and oxygen atoms in total. The van der Waals surface area contributed by atoms with Crippen LogP contribution < -0.4 is 5.32 Å². The molecular formula is C13H18FN. The molecule has 0 spiro atoms. The molecular weight excluding hydrogens is 189 g/mol. The third kappa shape index (κ3) is 2.20. The van der Waals surface area contributed by atoms with Crippen molar-refractivity contribution in [3.63, 3.8) is 0 Å². The van der Waals surface area contributed by atoms with Gasteiger partial charge < -0.3 is 5.32 Å². The first-order valence-electron chi connectivity index (χ1n) is 5.70. The van der Waals surface area contributed by atoms with E-state index in [4.69, 9.17) is 0 Å². The Hall–Kier alpha value is -0.890. The molecule has 2 atom stereocenters. The van der Waals surface area contributed by atoms with Crippen LogP contribution in [0, 0.1) is 5.92 Å². The van der Waals surface area contributed by atoms with Crippen LogP contribution in [0.15, 0.2) is 24.3 Å². The third-order valence-electron chi connectivity index (χ3n) is 3.35. The van der Waals surface area contributed by atoms with Crippen molar-refractivity contribution in [2.24, 2.45) is 5.92 Å². The van der Waals surface area contributed by atoms with E-state index in [2.05, 4.69) is 36.5 Å². The highest BCUT2D eigenvalue weighted by Crippen LogP contribution is 2.28. The Labute approximate surface area is 90.7 Å². The van der Waals surface area contributed by atoms with Gasteiger partial charge in [0.05, 0.1) is 6.67 Å². The van der Waals surface area contributed by atoms with Gasteiger partial charge in [-0.2, -0.15) is 0 Å². The van der Waals surface area contributed by atoms with E-state index < -0.39 is 0 Å². The minimum atomic E-state index is -0.215. The van der Waals surface area contributed by atoms with E-state index >= 15 is 0 Å². The number of rotatable bonds is 3. The van der Waals surface area contributed by atoms with Crippen LogP contribution >= 0.6 is 0 Å². The van der Waals surface area contributed by atoms with E-state index in [1.165, 1.54) is 11.1 Å². The van der Waals surface area contributed by atoms with Crippen molar-refractivity contribution >= 4 is 0 Å². The van der Waals surface area contributed by atoms with Gasteiger partial charge in [-0.1, -0.05) is 31.2 Å². The summed E-state index contributed by atoms with van der Waals surface area (Å²) in [6.45, 7) is 3.67. The van der Waals surface area contributed by atoms with E-state index in [-0.39, 0.29) is 12.6 Å². The molecule has 1 fully saturated rings. The maximum Gasteiger partial charge on any atom is 0.0941 e. The fourth-order valence-electron chi connectivity index (χ4n) is 2.29. The molecule has 0 aliphatic carbocycles. The van der Waals surface area contributed by atoms with Crippen LogP contribution in [0.4, 0.5) is 4.39 Å². The highest BCUT2D eigenvalue weighted by atomic mass is 19.1. The van der Waals surface area contributed by atoms with Gasteiger partial charge in [0.15, 0.2) is 0 Å². The lowest BCUT2D eigenvalue weighted by Crippen LogP contribution is -2.12. The van der Waals surface area contributed by atoms with Gasteiger partial charge in [0.2, 0.25) is 0 Å². The van der Waals surface area contributed by atoms with Gasteiger partial charge in [0.1, 0.15) is 0 Å². The Morgan fingerprint density at radius 1 is 1.27 bits per heavy atom. The molecule has 0 radical (unpaired) electrons. The minimum absolute atomic E-state index is 0.164. The second-order valence-corrected chi connectivity index (χ2v) is 4.27. The van der Waals surface area contributed by atoms with Crippen molar-refractivity contribution in [1.82, 2.24) is 5.32 Å². The van der Waals surface area contributed by atoms with Crippen molar-refractivity contribution in [1.29, 1.82) is 0 Å². The highest BCUT2D eigenvalue weighted by molar-refractivity contribution is 5.27. The van der Waals surface area contributed by atoms with Crippen LogP contribution in [0.2, 0.25) is 0 Å². The smallest absolute Gasteiger partial charge is 0.0941 e. The van der Waals surface area contributed by atoms with Gasteiger partial charge in [-0.05, 0) is 17.5 Å². The second-order valence-electron chi connectivity index (χ2n) is 4.27. The Kier molecular flexibility index (Phi) is 3.37. The van der Waals surface area contributed by atoms with Gasteiger partial charge in [-0.25, -0.2) is 0 Å². The first kappa shape index (κ1) is 10.6. The van der Waals surface area contributed by atoms with Gasteiger partial charge in [0, 0.05) is 24.9 Å². The highest BCUT2D eigenvalue weighted by Gasteiger charge is 2.27. The van der Waals surface area contributed by atoms with Crippen molar-refractivity contribution in [3.8, 4) is 0 Å². The summed E-state index contributed by atoms with van der Waals surface area (Å²) in [5, 5.41) is 3.26. The summed E-state index contributed by atoms with van der Waals surface area (Å²) in [5.41, 5.74) is 2.63. The summed E-state index contributed by atoms with van der Waals surface area (Å²) in [4.78, 5) is 0. The van der Waals surface area contributed by atoms with Crippen molar-refractivity contribution in [2.45, 2.75) is 19.3 Å². The molecule has 2 rings (SSSR count). The molecule has 1 aliphatic heterocycles. The largest absolute Gasteiger partial charge is 0.316 e. The van der Waals surface area contributed by atoms with Crippen LogP contribution in [0.1, 0.15) is 24.0 Å². The average molecular weight is 207 g/mol. The van der Waals surface area contributed by atoms with Gasteiger partial charge in [-0.3, -0.25) is 4.39 Å². The Morgan fingerprint density at radius 3 is 2.60 bits per heavy atom. The molecule has 82 valence electrons. The van der Waals surface area contributed by atoms with Crippen molar-refractivity contribution in [3.05, 3.63) is 35.4 Å². The molecule has 2 heteroatoms. The molecule has 1 aromatic carbocycles. The van der Waals surface area contributed by atoms with Gasteiger partial charge >= 0.3 is 0 Å². The summed E-state index contributed by atoms with van der Waals surface area (Å²) in [6, 6.07) is 8.62. The summed E-state index contributed by atoms with van der Waals surface area (Å²) in [6.07, 6.45) is 1.07. The lowest BCUT2D eigenvalue weighted by Gasteiger charge is -2.15. The number of nitrogens with one attached hydrogen (secondary N) is 1. The topological polar surface area (TPSA) is 12.0 Å². The maximum absolute atomic E-state index is 12.7. The molecule has 15 heavy (non-hydrogen) atoms. The predicted octanol–water partition coefficient (Wildman–Crippen LogP) is 2.52. The van der Waals surface area contributed by atoms with E-state index in [1.54, 1.807) is 0 Å². The van der Waals surface area contributed by atoms with Gasteiger partial charge in [-0.15, -0.1) is 0 Å². The molecule has 0 amide bonds. The molecule has 1 saturated heterocycles. The second kappa shape index (κ2) is 4.75. The van der Waals surface area contributed by atoms with Crippen LogP contribution in [0.3, 0.4) is 0 Å². The molecule has 1 N–H and O–H groups in total. The SMILES string of the molecule is CCc1ccc(C2CNCC2CF)cc1. The molecule has 2 unspecified atom stereocenters. The number of hydrogen-bond acceptors (Lipinski definition) is 1. The Morgan fingerprint density at radius 2 is 2.00 bits per heavy atom. The van der Waals surface area contributed by atoms with E-state index in [1.807, 2.05) is 0 Å². The molecule has 1 heterocycles. The molecule has 0 bridgehead atoms. The van der Waals surface area contributed by atoms with E-state index in [0.717, 1.165) is 19.5 Å². The Balaban J connectivity index is 2.14. The molecule has 1 aliphatic rings. The zero-order chi connectivity index (χ0) is 10.7. The summed E-state index contributed by atoms with van der Waals surface area (Å²) in [5.74, 6) is 0.526. The third-order valence-corrected chi connectivity index (χ3v) is 3.35. The van der Waals surface area contributed by atoms with Crippen molar-refractivity contribution < 1.29 is 4.39 Å². The lowest BCUT2D eigenvalue weighted by atomic mass is 9.89. The molecule has 0 aromatic heterocycles. The normalized spacial score (nSPS) is 25.7. The van der Waals surface area contributed by atoms with Crippen LogP contribution in [0.5, 0.6) is 0 Å². The summed E-state index contributed by atoms with van der Waals surface area (Å²) < 4.78 is 12.7. The quantitative estimate of drug-likeness (QED) is 0.803. The molecule has 1 aromatic rings. The fourth-order valence-corrected chi connectivity index (χ4v) is 2.29. The number of aryl methyl sites for hydroxylation is 1. The monoisotopic (exact) mass is 207 g/mol. The van der Waals surface area contributed by atoms with Crippen LogP contribution in [-0.2, 0) is 6.42 Å².